The highest BCUT2D eigenvalue weighted by molar-refractivity contribution is 6.71. The fraction of sp³-hybridized carbons (Fsp3) is 0.0769. The first-order valence-electron chi connectivity index (χ1n) is 13.0. The van der Waals surface area contributed by atoms with Crippen LogP contribution in [0.1, 0.15) is 27.8 Å². The van der Waals surface area contributed by atoms with Crippen LogP contribution in [0.5, 0.6) is 0 Å². The minimum atomic E-state index is -2.29. The summed E-state index contributed by atoms with van der Waals surface area (Å²) in [4.78, 5) is 0. The lowest BCUT2D eigenvalue weighted by molar-refractivity contribution is 0.791. The Morgan fingerprint density at radius 1 is 0.222 bits per heavy atom. The van der Waals surface area contributed by atoms with Crippen LogP contribution >= 0.6 is 0 Å². The summed E-state index contributed by atoms with van der Waals surface area (Å²) in [5.41, 5.74) is -6.23. The zero-order chi connectivity index (χ0) is 34.4. The number of rotatable bonds is 4. The maximum Gasteiger partial charge on any atom is 0.114 e. The molecule has 0 nitrogen and oxygen atoms in total. The van der Waals surface area contributed by atoms with E-state index in [1.165, 1.54) is 0 Å². The molecule has 0 heterocycles. The highest BCUT2D eigenvalue weighted by Gasteiger charge is 2.46. The highest BCUT2D eigenvalue weighted by Crippen LogP contribution is 2.38. The van der Waals surface area contributed by atoms with E-state index in [0.29, 0.717) is 0 Å². The van der Waals surface area contributed by atoms with Gasteiger partial charge in [-0.15, -0.1) is 92.9 Å². The van der Waals surface area contributed by atoms with Crippen LogP contribution in [-0.4, -0.2) is 149 Å². The largest absolute Gasteiger partial charge is 0.114 e. The molecule has 4 aromatic carbocycles. The Morgan fingerprint density at radius 3 is 0.600 bits per heavy atom. The van der Waals surface area contributed by atoms with Crippen LogP contribution in [0.4, 0.5) is 0 Å². The molecule has 19 heteroatoms. The topological polar surface area (TPSA) is 0 Å². The van der Waals surface area contributed by atoms with Crippen molar-refractivity contribution in [1.82, 2.24) is 0 Å². The van der Waals surface area contributed by atoms with E-state index < -0.39 is 5.41 Å². The van der Waals surface area contributed by atoms with Gasteiger partial charge in [0.15, 0.2) is 0 Å². The molecular weight excluding hydrogens is 518 g/mol. The first kappa shape index (κ1) is 36.0. The van der Waals surface area contributed by atoms with Crippen molar-refractivity contribution in [3.63, 3.8) is 0 Å². The second kappa shape index (κ2) is 12.3. The molecule has 4 rings (SSSR count). The van der Waals surface area contributed by atoms with Crippen LogP contribution in [0.3, 0.4) is 0 Å². The molecule has 0 aliphatic rings. The number of hydrogen-bond acceptors (Lipinski definition) is 0. The van der Waals surface area contributed by atoms with Crippen LogP contribution in [0, 0.1) is 6.92 Å². The van der Waals surface area contributed by atoms with E-state index in [1.807, 2.05) is 0 Å². The van der Waals surface area contributed by atoms with Crippen LogP contribution in [0.2, 0.25) is 0 Å². The predicted molar refractivity (Wildman–Crippen MR) is 212 cm³/mol. The third-order valence-corrected chi connectivity index (χ3v) is 8.53. The summed E-state index contributed by atoms with van der Waals surface area (Å²) in [6.07, 6.45) is 0. The van der Waals surface area contributed by atoms with Gasteiger partial charge < -0.3 is 0 Å². The maximum absolute atomic E-state index is 6.85. The number of benzene rings is 4. The Labute approximate surface area is 291 Å². The fourth-order valence-electron chi connectivity index (χ4n) is 5.87. The van der Waals surface area contributed by atoms with Gasteiger partial charge in [-0.25, -0.2) is 0 Å². The monoisotopic (exact) mass is 524 g/mol. The van der Waals surface area contributed by atoms with E-state index in [4.69, 9.17) is 149 Å². The molecular formula is C26H3B19. The normalized spacial score (nSPS) is 11.6. The zero-order valence-corrected chi connectivity index (χ0v) is 24.5. The Kier molecular flexibility index (Phi) is 9.82. The van der Waals surface area contributed by atoms with Crippen molar-refractivity contribution in [3.05, 3.63) is 27.8 Å². The predicted octanol–water partition coefficient (Wildman–Crippen LogP) is -16.5. The lowest BCUT2D eigenvalue weighted by Crippen LogP contribution is -2.69. The average Bonchev–Trinajstić information content (AvgIpc) is 3.00. The van der Waals surface area contributed by atoms with Gasteiger partial charge in [-0.3, -0.25) is 0 Å². The van der Waals surface area contributed by atoms with E-state index in [0.717, 1.165) is 0 Å². The molecule has 0 saturated heterocycles. The van der Waals surface area contributed by atoms with E-state index >= 15 is 0 Å². The molecule has 4 aromatic rings. The minimum Gasteiger partial charge on any atom is -0.112 e. The summed E-state index contributed by atoms with van der Waals surface area (Å²) < 4.78 is 0. The van der Waals surface area contributed by atoms with Gasteiger partial charge >= 0.3 is 0 Å². The average molecular weight is 521 g/mol. The molecule has 0 spiro atoms. The van der Waals surface area contributed by atoms with Gasteiger partial charge in [0.05, 0.1) is 5.41 Å². The van der Waals surface area contributed by atoms with E-state index in [-0.39, 0.29) is 132 Å². The lowest BCUT2D eigenvalue weighted by Gasteiger charge is -2.49. The molecule has 45 heavy (non-hydrogen) atoms. The summed E-state index contributed by atoms with van der Waals surface area (Å²) in [6, 6.07) is 0. The van der Waals surface area contributed by atoms with Crippen molar-refractivity contribution in [2.75, 3.05) is 0 Å². The second-order valence-electron chi connectivity index (χ2n) is 10.7. The van der Waals surface area contributed by atoms with Crippen molar-refractivity contribution in [3.8, 4) is 0 Å². The number of hydrogen-bond donors (Lipinski definition) is 0. The van der Waals surface area contributed by atoms with Crippen LogP contribution in [0.25, 0.3) is 0 Å². The van der Waals surface area contributed by atoms with Crippen molar-refractivity contribution >= 4 is 253 Å². The van der Waals surface area contributed by atoms with E-state index in [2.05, 4.69) is 0 Å². The standard InChI is InChI=1S/C26H3B19/c1-2-7(27)3(9(29)16(36)8(2)28)26(4-10(30)17(37)23(43)18(38)11(4)31,5-12(32)19(39)24(44)20(40)13(5)33)6-14(34)21(41)25(45)22(42)15(6)35/h1H3. The molecule has 0 N–H and O–H groups in total. The second-order valence-corrected chi connectivity index (χ2v) is 10.7. The van der Waals surface area contributed by atoms with E-state index in [9.17, 15) is 0 Å². The lowest BCUT2D eigenvalue weighted by atomic mass is 9.43. The quantitative estimate of drug-likeness (QED) is 0.185. The molecule has 0 aliphatic carbocycles. The van der Waals surface area contributed by atoms with Gasteiger partial charge in [-0.05, 0) is 29.2 Å². The third-order valence-electron chi connectivity index (χ3n) is 8.53. The van der Waals surface area contributed by atoms with Crippen LogP contribution < -0.4 is 104 Å². The van der Waals surface area contributed by atoms with Crippen molar-refractivity contribution < 1.29 is 0 Å². The third kappa shape index (κ3) is 4.86. The van der Waals surface area contributed by atoms with Crippen molar-refractivity contribution in [2.45, 2.75) is 12.3 Å². The fourth-order valence-corrected chi connectivity index (χ4v) is 5.87. The maximum atomic E-state index is 6.85. The van der Waals surface area contributed by atoms with E-state index in [1.54, 1.807) is 6.92 Å². The van der Waals surface area contributed by atoms with Gasteiger partial charge in [0, 0.05) is 0 Å². The van der Waals surface area contributed by atoms with Gasteiger partial charge in [0.1, 0.15) is 149 Å². The zero-order valence-electron chi connectivity index (χ0n) is 24.5. The molecule has 0 atom stereocenters. The summed E-state index contributed by atoms with van der Waals surface area (Å²) in [6.45, 7) is 1.57. The van der Waals surface area contributed by atoms with Gasteiger partial charge in [0.25, 0.3) is 0 Å². The first-order chi connectivity index (χ1) is 20.7. The SMILES string of the molecule is [B]c1c([B])c([B])c(C(c2c([B])c([B])c([B])c([B])c2[B])(c2c([B])c([B])c([B])c([B])c2[B])c2c([B])c([B])c([B])c(C)c2[B])c([B])c1[B]. The molecule has 0 fully saturated rings. The molecule has 0 aliphatic heterocycles. The van der Waals surface area contributed by atoms with Gasteiger partial charge in [0.2, 0.25) is 0 Å². The highest BCUT2D eigenvalue weighted by atomic mass is 14.5. The molecule has 0 unspecified atom stereocenters. The van der Waals surface area contributed by atoms with Crippen LogP contribution in [-0.2, 0) is 5.41 Å². The Morgan fingerprint density at radius 2 is 0.378 bits per heavy atom. The van der Waals surface area contributed by atoms with Gasteiger partial charge in [-0.2, -0.15) is 0 Å². The van der Waals surface area contributed by atoms with Crippen molar-refractivity contribution in [2.24, 2.45) is 0 Å². The Hall–Kier alpha value is -1.89. The molecule has 0 aromatic heterocycles. The summed E-state index contributed by atoms with van der Waals surface area (Å²) in [7, 11) is 124. The molecule has 38 radical (unpaired) electrons. The van der Waals surface area contributed by atoms with Crippen LogP contribution in [0.15, 0.2) is 0 Å². The Bertz CT molecular complexity index is 1560. The first-order valence-corrected chi connectivity index (χ1v) is 13.0. The van der Waals surface area contributed by atoms with Gasteiger partial charge in [-0.1, -0.05) is 16.5 Å². The summed E-state index contributed by atoms with van der Waals surface area (Å²) >= 11 is 0. The molecule has 0 amide bonds. The molecule has 164 valence electrons. The Balaban J connectivity index is 2.69. The van der Waals surface area contributed by atoms with Crippen molar-refractivity contribution in [1.29, 1.82) is 0 Å². The summed E-state index contributed by atoms with van der Waals surface area (Å²) in [5, 5.41) is 0. The minimum absolute atomic E-state index is 0.0504. The molecule has 0 saturated carbocycles. The smallest absolute Gasteiger partial charge is 0.112 e. The molecule has 0 bridgehead atoms. The summed E-state index contributed by atoms with van der Waals surface area (Å²) in [5.74, 6) is 0.